The molecule has 2 aromatic rings. The molecule has 4 nitrogen and oxygen atoms in total. The lowest BCUT2D eigenvalue weighted by molar-refractivity contribution is -0.133. The molecule has 0 aliphatic heterocycles. The Bertz CT molecular complexity index is 441. The standard InChI is InChI=1S/C13H16N2O2S/c1-10(14)13(16)15(8-11-4-2-6-17-11)9-12-5-3-7-18-12/h2-7,10H,8-9,14H2,1H3. The van der Waals surface area contributed by atoms with Gasteiger partial charge >= 0.3 is 0 Å². The zero-order valence-electron chi connectivity index (χ0n) is 10.2. The van der Waals surface area contributed by atoms with Crippen molar-refractivity contribution in [2.24, 2.45) is 5.73 Å². The Morgan fingerprint density at radius 3 is 2.83 bits per heavy atom. The first kappa shape index (κ1) is 12.9. The SMILES string of the molecule is CC(N)C(=O)N(Cc1ccco1)Cc1cccs1. The molecule has 1 amide bonds. The summed E-state index contributed by atoms with van der Waals surface area (Å²) in [5.41, 5.74) is 5.68. The first-order valence-corrected chi connectivity index (χ1v) is 6.64. The molecule has 2 aromatic heterocycles. The minimum atomic E-state index is -0.500. The van der Waals surface area contributed by atoms with Gasteiger partial charge in [-0.25, -0.2) is 0 Å². The lowest BCUT2D eigenvalue weighted by Gasteiger charge is -2.22. The van der Waals surface area contributed by atoms with Crippen LogP contribution in [0.25, 0.3) is 0 Å². The Balaban J connectivity index is 2.09. The third kappa shape index (κ3) is 3.21. The number of hydrogen-bond acceptors (Lipinski definition) is 4. The molecule has 0 aromatic carbocycles. The highest BCUT2D eigenvalue weighted by Crippen LogP contribution is 2.15. The number of nitrogens with two attached hydrogens (primary N) is 1. The average Bonchev–Trinajstić information content (AvgIpc) is 2.99. The van der Waals surface area contributed by atoms with Crippen LogP contribution in [0.2, 0.25) is 0 Å². The summed E-state index contributed by atoms with van der Waals surface area (Å²) in [7, 11) is 0. The van der Waals surface area contributed by atoms with Gasteiger partial charge in [-0.15, -0.1) is 11.3 Å². The van der Waals surface area contributed by atoms with E-state index in [1.54, 1.807) is 29.4 Å². The predicted molar refractivity (Wildman–Crippen MR) is 70.9 cm³/mol. The van der Waals surface area contributed by atoms with Crippen LogP contribution in [0.5, 0.6) is 0 Å². The molecular weight excluding hydrogens is 248 g/mol. The van der Waals surface area contributed by atoms with Crippen LogP contribution >= 0.6 is 11.3 Å². The molecule has 0 saturated carbocycles. The Morgan fingerprint density at radius 2 is 2.28 bits per heavy atom. The van der Waals surface area contributed by atoms with Gasteiger partial charge in [0.1, 0.15) is 5.76 Å². The van der Waals surface area contributed by atoms with Crippen LogP contribution in [-0.4, -0.2) is 16.8 Å². The zero-order chi connectivity index (χ0) is 13.0. The number of carbonyl (C=O) groups is 1. The third-order valence-electron chi connectivity index (χ3n) is 2.55. The zero-order valence-corrected chi connectivity index (χ0v) is 11.0. The van der Waals surface area contributed by atoms with E-state index in [1.165, 1.54) is 0 Å². The maximum atomic E-state index is 12.1. The third-order valence-corrected chi connectivity index (χ3v) is 3.42. The van der Waals surface area contributed by atoms with Gasteiger partial charge in [-0.3, -0.25) is 4.79 Å². The van der Waals surface area contributed by atoms with Crippen molar-refractivity contribution in [2.45, 2.75) is 26.1 Å². The molecule has 0 aliphatic carbocycles. The summed E-state index contributed by atoms with van der Waals surface area (Å²) in [5, 5.41) is 2.00. The molecule has 1 atom stereocenters. The van der Waals surface area contributed by atoms with E-state index in [-0.39, 0.29) is 5.91 Å². The summed E-state index contributed by atoms with van der Waals surface area (Å²) in [5.74, 6) is 0.695. The van der Waals surface area contributed by atoms with E-state index in [2.05, 4.69) is 0 Å². The van der Waals surface area contributed by atoms with Gasteiger partial charge in [-0.2, -0.15) is 0 Å². The van der Waals surface area contributed by atoms with Crippen LogP contribution in [0, 0.1) is 0 Å². The smallest absolute Gasteiger partial charge is 0.239 e. The highest BCUT2D eigenvalue weighted by Gasteiger charge is 2.19. The van der Waals surface area contributed by atoms with Crippen molar-refractivity contribution in [3.8, 4) is 0 Å². The van der Waals surface area contributed by atoms with Crippen molar-refractivity contribution >= 4 is 17.2 Å². The fourth-order valence-electron chi connectivity index (χ4n) is 1.68. The second-order valence-corrected chi connectivity index (χ2v) is 5.17. The van der Waals surface area contributed by atoms with Gasteiger partial charge in [0.15, 0.2) is 0 Å². The van der Waals surface area contributed by atoms with E-state index in [0.29, 0.717) is 13.1 Å². The second-order valence-electron chi connectivity index (χ2n) is 4.14. The van der Waals surface area contributed by atoms with Crippen molar-refractivity contribution in [3.63, 3.8) is 0 Å². The molecule has 0 spiro atoms. The number of nitrogens with zero attached hydrogens (tertiary/aromatic N) is 1. The maximum absolute atomic E-state index is 12.1. The molecular formula is C13H16N2O2S. The van der Waals surface area contributed by atoms with E-state index < -0.39 is 6.04 Å². The number of amides is 1. The van der Waals surface area contributed by atoms with Crippen molar-refractivity contribution in [1.29, 1.82) is 0 Å². The van der Waals surface area contributed by atoms with Gasteiger partial charge in [0, 0.05) is 4.88 Å². The number of hydrogen-bond donors (Lipinski definition) is 1. The van der Waals surface area contributed by atoms with Gasteiger partial charge < -0.3 is 15.1 Å². The van der Waals surface area contributed by atoms with Gasteiger partial charge in [-0.1, -0.05) is 6.07 Å². The van der Waals surface area contributed by atoms with E-state index in [0.717, 1.165) is 10.6 Å². The molecule has 2 heterocycles. The summed E-state index contributed by atoms with van der Waals surface area (Å²) in [4.78, 5) is 14.9. The molecule has 18 heavy (non-hydrogen) atoms. The minimum absolute atomic E-state index is 0.0696. The molecule has 0 radical (unpaired) electrons. The lowest BCUT2D eigenvalue weighted by atomic mass is 10.2. The molecule has 1 unspecified atom stereocenters. The first-order valence-electron chi connectivity index (χ1n) is 5.76. The second kappa shape index (κ2) is 5.84. The summed E-state index contributed by atoms with van der Waals surface area (Å²) in [6.45, 7) is 2.72. The van der Waals surface area contributed by atoms with Crippen molar-refractivity contribution in [2.75, 3.05) is 0 Å². The largest absolute Gasteiger partial charge is 0.467 e. The van der Waals surface area contributed by atoms with Crippen LogP contribution < -0.4 is 5.73 Å². The van der Waals surface area contributed by atoms with E-state index >= 15 is 0 Å². The molecule has 0 aliphatic rings. The van der Waals surface area contributed by atoms with Gasteiger partial charge in [-0.05, 0) is 30.5 Å². The van der Waals surface area contributed by atoms with Gasteiger partial charge in [0.2, 0.25) is 5.91 Å². The van der Waals surface area contributed by atoms with Crippen LogP contribution in [0.4, 0.5) is 0 Å². The summed E-state index contributed by atoms with van der Waals surface area (Å²) in [6, 6.07) is 7.15. The summed E-state index contributed by atoms with van der Waals surface area (Å²) >= 11 is 1.63. The molecule has 2 N–H and O–H groups in total. The quantitative estimate of drug-likeness (QED) is 0.900. The highest BCUT2D eigenvalue weighted by atomic mass is 32.1. The first-order chi connectivity index (χ1) is 8.66. The Morgan fingerprint density at radius 1 is 1.44 bits per heavy atom. The normalized spacial score (nSPS) is 12.3. The number of carbonyl (C=O) groups excluding carboxylic acids is 1. The van der Waals surface area contributed by atoms with E-state index in [1.807, 2.05) is 29.6 Å². The minimum Gasteiger partial charge on any atom is -0.467 e. The molecule has 0 fully saturated rings. The molecule has 5 heteroatoms. The Kier molecular flexibility index (Phi) is 4.17. The van der Waals surface area contributed by atoms with Crippen LogP contribution in [-0.2, 0) is 17.9 Å². The predicted octanol–water partition coefficient (Wildman–Crippen LogP) is 2.22. The Hall–Kier alpha value is -1.59. The van der Waals surface area contributed by atoms with Crippen molar-refractivity contribution in [1.82, 2.24) is 4.90 Å². The topological polar surface area (TPSA) is 59.5 Å². The van der Waals surface area contributed by atoms with Crippen LogP contribution in [0.3, 0.4) is 0 Å². The van der Waals surface area contributed by atoms with Crippen LogP contribution in [0.1, 0.15) is 17.6 Å². The van der Waals surface area contributed by atoms with E-state index in [4.69, 9.17) is 10.2 Å². The number of rotatable bonds is 5. The van der Waals surface area contributed by atoms with Crippen LogP contribution in [0.15, 0.2) is 40.3 Å². The van der Waals surface area contributed by atoms with Gasteiger partial charge in [0.05, 0.1) is 25.4 Å². The molecule has 2 rings (SSSR count). The Labute approximate surface area is 110 Å². The lowest BCUT2D eigenvalue weighted by Crippen LogP contribution is -2.41. The highest BCUT2D eigenvalue weighted by molar-refractivity contribution is 7.09. The molecule has 0 saturated heterocycles. The fourth-order valence-corrected chi connectivity index (χ4v) is 2.40. The van der Waals surface area contributed by atoms with Gasteiger partial charge in [0.25, 0.3) is 0 Å². The number of furan rings is 1. The molecule has 96 valence electrons. The average molecular weight is 264 g/mol. The maximum Gasteiger partial charge on any atom is 0.239 e. The fraction of sp³-hybridized carbons (Fsp3) is 0.308. The molecule has 0 bridgehead atoms. The summed E-state index contributed by atoms with van der Waals surface area (Å²) in [6.07, 6.45) is 1.61. The van der Waals surface area contributed by atoms with E-state index in [9.17, 15) is 4.79 Å². The monoisotopic (exact) mass is 264 g/mol. The summed E-state index contributed by atoms with van der Waals surface area (Å²) < 4.78 is 5.28. The van der Waals surface area contributed by atoms with Crippen molar-refractivity contribution < 1.29 is 9.21 Å². The number of thiophene rings is 1. The van der Waals surface area contributed by atoms with Crippen molar-refractivity contribution in [3.05, 3.63) is 46.5 Å².